The molecule has 8 nitrogen and oxygen atoms in total. The number of methoxy groups -OCH3 is 3. The van der Waals surface area contributed by atoms with E-state index in [2.05, 4.69) is 0 Å². The van der Waals surface area contributed by atoms with E-state index in [-0.39, 0.29) is 12.6 Å². The highest BCUT2D eigenvalue weighted by atomic mass is 16.7. The molecule has 0 spiro atoms. The molecule has 1 aliphatic carbocycles. The Labute approximate surface area is 192 Å². The molecule has 0 amide bonds. The van der Waals surface area contributed by atoms with E-state index in [1.54, 1.807) is 20.3 Å². The van der Waals surface area contributed by atoms with Gasteiger partial charge in [0.25, 0.3) is 0 Å². The molecule has 1 N–H and O–H groups in total. The minimum atomic E-state index is -1.68. The van der Waals surface area contributed by atoms with Gasteiger partial charge in [-0.3, -0.25) is 4.79 Å². The number of fused-ring (bicyclic) bond motifs is 3. The van der Waals surface area contributed by atoms with Crippen LogP contribution in [0.4, 0.5) is 0 Å². The summed E-state index contributed by atoms with van der Waals surface area (Å²) in [6.45, 7) is 4.03. The molecule has 5 rings (SSSR count). The van der Waals surface area contributed by atoms with Crippen LogP contribution in [-0.2, 0) is 4.79 Å². The second-order valence-electron chi connectivity index (χ2n) is 9.59. The predicted molar refractivity (Wildman–Crippen MR) is 118 cm³/mol. The smallest absolute Gasteiger partial charge is 0.231 e. The molecule has 1 saturated carbocycles. The SMILES string of the molecule is COc1cc([C@@H]2c3cc4c(cc3O[C@]3(O)CC(C)(C)CC(=O)[C@H]23)OCO4)cc(OC)c1OC. The van der Waals surface area contributed by atoms with Gasteiger partial charge in [0.15, 0.2) is 23.0 Å². The minimum Gasteiger partial charge on any atom is -0.493 e. The van der Waals surface area contributed by atoms with Gasteiger partial charge >= 0.3 is 0 Å². The first-order valence-corrected chi connectivity index (χ1v) is 10.9. The number of ketones is 1. The zero-order chi connectivity index (χ0) is 23.5. The van der Waals surface area contributed by atoms with Crippen molar-refractivity contribution in [2.75, 3.05) is 28.1 Å². The summed E-state index contributed by atoms with van der Waals surface area (Å²) in [5.41, 5.74) is 1.07. The molecular formula is C25H28O8. The number of hydrogen-bond donors (Lipinski definition) is 1. The summed E-state index contributed by atoms with van der Waals surface area (Å²) in [4.78, 5) is 13.5. The number of aliphatic hydroxyl groups is 1. The molecule has 3 aliphatic rings. The fraction of sp³-hybridized carbons (Fsp3) is 0.480. The summed E-state index contributed by atoms with van der Waals surface area (Å²) >= 11 is 0. The van der Waals surface area contributed by atoms with Crippen molar-refractivity contribution >= 4 is 5.78 Å². The zero-order valence-electron chi connectivity index (χ0n) is 19.4. The maximum absolute atomic E-state index is 13.5. The van der Waals surface area contributed by atoms with E-state index in [0.717, 1.165) is 11.1 Å². The molecule has 0 aromatic heterocycles. The van der Waals surface area contributed by atoms with E-state index < -0.39 is 23.0 Å². The minimum absolute atomic E-state index is 0.0594. The van der Waals surface area contributed by atoms with Gasteiger partial charge in [0, 0.05) is 30.4 Å². The Morgan fingerprint density at radius 3 is 2.18 bits per heavy atom. The highest BCUT2D eigenvalue weighted by Crippen LogP contribution is 2.58. The first kappa shape index (κ1) is 21.7. The van der Waals surface area contributed by atoms with E-state index in [4.69, 9.17) is 28.4 Å². The summed E-state index contributed by atoms with van der Waals surface area (Å²) in [5.74, 6) is -0.118. The maximum Gasteiger partial charge on any atom is 0.231 e. The van der Waals surface area contributed by atoms with Gasteiger partial charge in [-0.25, -0.2) is 0 Å². The number of Topliss-reactive ketones (excluding diaryl/α,β-unsaturated/α-hetero) is 1. The molecule has 3 atom stereocenters. The van der Waals surface area contributed by atoms with Crippen LogP contribution >= 0.6 is 0 Å². The third-order valence-corrected chi connectivity index (χ3v) is 6.72. The Kier molecular flexibility index (Phi) is 4.90. The molecule has 2 heterocycles. The van der Waals surface area contributed by atoms with Crippen LogP contribution in [0.5, 0.6) is 34.5 Å². The molecule has 0 saturated heterocycles. The van der Waals surface area contributed by atoms with Gasteiger partial charge in [-0.1, -0.05) is 13.8 Å². The summed E-state index contributed by atoms with van der Waals surface area (Å²) in [6, 6.07) is 7.19. The third kappa shape index (κ3) is 3.35. The quantitative estimate of drug-likeness (QED) is 0.745. The Morgan fingerprint density at radius 1 is 0.939 bits per heavy atom. The fourth-order valence-corrected chi connectivity index (χ4v) is 5.53. The van der Waals surface area contributed by atoms with Gasteiger partial charge in [0.2, 0.25) is 18.3 Å². The summed E-state index contributed by atoms with van der Waals surface area (Å²) in [6.07, 6.45) is 0.648. The number of rotatable bonds is 4. The molecule has 0 bridgehead atoms. The third-order valence-electron chi connectivity index (χ3n) is 6.72. The number of carbonyl (C=O) groups is 1. The summed E-state index contributed by atoms with van der Waals surface area (Å²) in [7, 11) is 4.62. The Hall–Kier alpha value is -3.13. The van der Waals surface area contributed by atoms with Crippen LogP contribution in [0.15, 0.2) is 24.3 Å². The number of hydrogen-bond acceptors (Lipinski definition) is 8. The van der Waals surface area contributed by atoms with Crippen molar-refractivity contribution in [3.05, 3.63) is 35.4 Å². The number of benzene rings is 2. The van der Waals surface area contributed by atoms with Crippen LogP contribution in [0.25, 0.3) is 0 Å². The van der Waals surface area contributed by atoms with E-state index in [0.29, 0.717) is 47.3 Å². The van der Waals surface area contributed by atoms with Crippen molar-refractivity contribution in [1.29, 1.82) is 0 Å². The Balaban J connectivity index is 1.75. The van der Waals surface area contributed by atoms with Gasteiger partial charge < -0.3 is 33.5 Å². The van der Waals surface area contributed by atoms with E-state index in [1.807, 2.05) is 32.0 Å². The normalized spacial score (nSPS) is 26.7. The molecule has 176 valence electrons. The fourth-order valence-electron chi connectivity index (χ4n) is 5.53. The standard InChI is InChI=1S/C25H28O8/c1-24(2)10-15(26)22-21(13-6-19(28-3)23(30-5)20(7-13)29-4)14-8-17-18(32-12-31-17)9-16(14)33-25(22,27)11-24/h6-9,21-22,27H,10-12H2,1-5H3/t21-,22-,25-/m1/s1. The van der Waals surface area contributed by atoms with Crippen LogP contribution in [0, 0.1) is 11.3 Å². The van der Waals surface area contributed by atoms with Gasteiger partial charge in [-0.2, -0.15) is 0 Å². The zero-order valence-corrected chi connectivity index (χ0v) is 19.4. The van der Waals surface area contributed by atoms with Crippen LogP contribution in [0.1, 0.15) is 43.7 Å². The average Bonchev–Trinajstić information content (AvgIpc) is 3.21. The van der Waals surface area contributed by atoms with Gasteiger partial charge in [-0.05, 0) is 29.2 Å². The molecule has 33 heavy (non-hydrogen) atoms. The van der Waals surface area contributed by atoms with Crippen molar-refractivity contribution in [3.8, 4) is 34.5 Å². The summed E-state index contributed by atoms with van der Waals surface area (Å²) < 4.78 is 33.9. The largest absolute Gasteiger partial charge is 0.493 e. The number of carbonyl (C=O) groups excluding carboxylic acids is 1. The molecule has 2 aliphatic heterocycles. The molecule has 2 aromatic rings. The molecule has 2 aromatic carbocycles. The predicted octanol–water partition coefficient (Wildman–Crippen LogP) is 3.66. The van der Waals surface area contributed by atoms with Crippen LogP contribution in [0.2, 0.25) is 0 Å². The lowest BCUT2D eigenvalue weighted by Crippen LogP contribution is -2.58. The Bertz CT molecular complexity index is 1100. The highest BCUT2D eigenvalue weighted by molar-refractivity contribution is 5.86. The topological polar surface area (TPSA) is 92.7 Å². The lowest BCUT2D eigenvalue weighted by atomic mass is 9.61. The van der Waals surface area contributed by atoms with E-state index in [1.165, 1.54) is 7.11 Å². The van der Waals surface area contributed by atoms with Crippen molar-refractivity contribution in [2.24, 2.45) is 11.3 Å². The van der Waals surface area contributed by atoms with Crippen LogP contribution in [-0.4, -0.2) is 44.8 Å². The van der Waals surface area contributed by atoms with E-state index >= 15 is 0 Å². The van der Waals surface area contributed by atoms with Crippen molar-refractivity contribution < 1.29 is 38.3 Å². The van der Waals surface area contributed by atoms with Gasteiger partial charge in [0.1, 0.15) is 11.5 Å². The van der Waals surface area contributed by atoms with Crippen LogP contribution in [0.3, 0.4) is 0 Å². The van der Waals surface area contributed by atoms with Crippen molar-refractivity contribution in [3.63, 3.8) is 0 Å². The second kappa shape index (κ2) is 7.45. The molecular weight excluding hydrogens is 428 g/mol. The average molecular weight is 456 g/mol. The molecule has 0 radical (unpaired) electrons. The maximum atomic E-state index is 13.5. The van der Waals surface area contributed by atoms with Crippen molar-refractivity contribution in [1.82, 2.24) is 0 Å². The summed E-state index contributed by atoms with van der Waals surface area (Å²) in [5, 5.41) is 11.8. The van der Waals surface area contributed by atoms with Crippen LogP contribution < -0.4 is 28.4 Å². The Morgan fingerprint density at radius 2 is 1.58 bits per heavy atom. The number of ether oxygens (including phenoxy) is 6. The van der Waals surface area contributed by atoms with Gasteiger partial charge in [-0.15, -0.1) is 0 Å². The lowest BCUT2D eigenvalue weighted by Gasteiger charge is -2.51. The van der Waals surface area contributed by atoms with Gasteiger partial charge in [0.05, 0.1) is 27.2 Å². The first-order valence-electron chi connectivity index (χ1n) is 10.9. The van der Waals surface area contributed by atoms with E-state index in [9.17, 15) is 9.90 Å². The molecule has 0 unspecified atom stereocenters. The highest BCUT2D eigenvalue weighted by Gasteiger charge is 2.59. The molecule has 1 fully saturated rings. The first-order chi connectivity index (χ1) is 15.7. The second-order valence-corrected chi connectivity index (χ2v) is 9.59. The monoisotopic (exact) mass is 456 g/mol. The molecule has 8 heteroatoms. The van der Waals surface area contributed by atoms with Crippen molar-refractivity contribution in [2.45, 2.75) is 38.4 Å². The lowest BCUT2D eigenvalue weighted by molar-refractivity contribution is -0.222.